The lowest BCUT2D eigenvalue weighted by molar-refractivity contribution is 0.131. The smallest absolute Gasteiger partial charge is 0.211 e. The van der Waals surface area contributed by atoms with Crippen LogP contribution in [-0.2, 0) is 0 Å². The third-order valence-corrected chi connectivity index (χ3v) is 4.08. The zero-order valence-corrected chi connectivity index (χ0v) is 8.91. The molecule has 2 atom stereocenters. The second-order valence-electron chi connectivity index (χ2n) is 3.88. The predicted octanol–water partition coefficient (Wildman–Crippen LogP) is 3.84. The molecule has 0 radical (unpaired) electrons. The van der Waals surface area contributed by atoms with E-state index in [1.807, 2.05) is 0 Å². The van der Waals surface area contributed by atoms with Gasteiger partial charge in [-0.1, -0.05) is 22.9 Å². The molecule has 0 aromatic rings. The Kier molecular flexibility index (Phi) is 3.50. The van der Waals surface area contributed by atoms with Gasteiger partial charge in [0.05, 0.1) is 0 Å². The van der Waals surface area contributed by atoms with E-state index in [0.717, 1.165) is 17.7 Å². The minimum atomic E-state index is -2.12. The van der Waals surface area contributed by atoms with Crippen molar-refractivity contribution < 1.29 is 8.78 Å². The van der Waals surface area contributed by atoms with E-state index in [9.17, 15) is 8.78 Å². The Morgan fingerprint density at radius 1 is 1.58 bits per heavy atom. The van der Waals surface area contributed by atoms with Crippen LogP contribution in [0.15, 0.2) is 0 Å². The van der Waals surface area contributed by atoms with Crippen molar-refractivity contribution in [2.24, 2.45) is 11.3 Å². The monoisotopic (exact) mass is 240 g/mol. The summed E-state index contributed by atoms with van der Waals surface area (Å²) in [5, 5.41) is 0.977. The van der Waals surface area contributed by atoms with Crippen LogP contribution in [0.2, 0.25) is 0 Å². The minimum Gasteiger partial charge on any atom is -0.211 e. The Balaban J connectivity index is 2.14. The van der Waals surface area contributed by atoms with Gasteiger partial charge in [-0.05, 0) is 30.6 Å². The molecule has 0 bridgehead atoms. The van der Waals surface area contributed by atoms with Gasteiger partial charge in [-0.3, -0.25) is 0 Å². The maximum Gasteiger partial charge on any atom is 0.238 e. The van der Waals surface area contributed by atoms with Crippen molar-refractivity contribution in [3.8, 4) is 0 Å². The van der Waals surface area contributed by atoms with E-state index in [1.54, 1.807) is 0 Å². The lowest BCUT2D eigenvalue weighted by Crippen LogP contribution is -2.05. The van der Waals surface area contributed by atoms with E-state index in [2.05, 4.69) is 22.9 Å². The second kappa shape index (κ2) is 4.03. The molecule has 0 amide bonds. The number of hydrogen-bond acceptors (Lipinski definition) is 0. The van der Waals surface area contributed by atoms with E-state index in [1.165, 1.54) is 6.42 Å². The molecular weight excluding hydrogens is 226 g/mol. The molecule has 1 aliphatic rings. The van der Waals surface area contributed by atoms with E-state index < -0.39 is 6.43 Å². The van der Waals surface area contributed by atoms with E-state index >= 15 is 0 Å². The fraction of sp³-hybridized carbons (Fsp3) is 1.00. The molecule has 12 heavy (non-hydrogen) atoms. The van der Waals surface area contributed by atoms with Gasteiger partial charge in [0.2, 0.25) is 6.43 Å². The molecule has 1 aliphatic carbocycles. The fourth-order valence-corrected chi connectivity index (χ4v) is 2.82. The van der Waals surface area contributed by atoms with Crippen LogP contribution in [0, 0.1) is 11.3 Å². The minimum absolute atomic E-state index is 0.0709. The quantitative estimate of drug-likeness (QED) is 0.641. The van der Waals surface area contributed by atoms with Gasteiger partial charge in [0.25, 0.3) is 0 Å². The first kappa shape index (κ1) is 10.4. The summed E-state index contributed by atoms with van der Waals surface area (Å²) in [6, 6.07) is 0. The van der Waals surface area contributed by atoms with Crippen LogP contribution in [0.4, 0.5) is 8.78 Å². The third-order valence-electron chi connectivity index (χ3n) is 2.96. The zero-order valence-electron chi connectivity index (χ0n) is 7.32. The van der Waals surface area contributed by atoms with E-state index in [0.29, 0.717) is 11.8 Å². The Hall–Kier alpha value is 0.340. The molecule has 1 saturated carbocycles. The molecule has 1 rings (SSSR count). The van der Waals surface area contributed by atoms with Crippen molar-refractivity contribution in [3.63, 3.8) is 0 Å². The fourth-order valence-electron chi connectivity index (χ4n) is 1.76. The van der Waals surface area contributed by atoms with Crippen molar-refractivity contribution in [3.05, 3.63) is 0 Å². The number of alkyl halides is 3. The zero-order chi connectivity index (χ0) is 9.19. The molecule has 72 valence electrons. The van der Waals surface area contributed by atoms with Gasteiger partial charge in [0.1, 0.15) is 0 Å². The summed E-state index contributed by atoms with van der Waals surface area (Å²) < 4.78 is 23.6. The molecular formula is C9H15BrF2. The first-order valence-electron chi connectivity index (χ1n) is 4.45. The van der Waals surface area contributed by atoms with Crippen LogP contribution in [0.25, 0.3) is 0 Å². The average molecular weight is 241 g/mol. The molecule has 0 aromatic carbocycles. The standard InChI is InChI=1S/C9H15BrF2/c1-7-5-9(7,6-10)4-2-3-8(11)12/h7-8H,2-6H2,1H3. The largest absolute Gasteiger partial charge is 0.238 e. The highest BCUT2D eigenvalue weighted by molar-refractivity contribution is 9.09. The molecule has 1 fully saturated rings. The Morgan fingerprint density at radius 3 is 2.50 bits per heavy atom. The Morgan fingerprint density at radius 2 is 2.17 bits per heavy atom. The summed E-state index contributed by atoms with van der Waals surface area (Å²) in [6.07, 6.45) is 0.798. The molecule has 0 aromatic heterocycles. The number of halogens is 3. The molecule has 0 aliphatic heterocycles. The second-order valence-corrected chi connectivity index (χ2v) is 4.45. The molecule has 0 nitrogen and oxygen atoms in total. The molecule has 0 saturated heterocycles. The number of rotatable bonds is 5. The highest BCUT2D eigenvalue weighted by atomic mass is 79.9. The van der Waals surface area contributed by atoms with Crippen molar-refractivity contribution in [2.45, 2.75) is 39.0 Å². The van der Waals surface area contributed by atoms with Gasteiger partial charge in [0, 0.05) is 11.8 Å². The topological polar surface area (TPSA) is 0 Å². The van der Waals surface area contributed by atoms with E-state index in [-0.39, 0.29) is 6.42 Å². The predicted molar refractivity (Wildman–Crippen MR) is 49.9 cm³/mol. The molecule has 0 N–H and O–H groups in total. The molecule has 3 heteroatoms. The van der Waals surface area contributed by atoms with Gasteiger partial charge in [-0.2, -0.15) is 0 Å². The van der Waals surface area contributed by atoms with Gasteiger partial charge in [-0.15, -0.1) is 0 Å². The van der Waals surface area contributed by atoms with Crippen molar-refractivity contribution >= 4 is 15.9 Å². The summed E-state index contributed by atoms with van der Waals surface area (Å²) in [4.78, 5) is 0. The summed E-state index contributed by atoms with van der Waals surface area (Å²) in [7, 11) is 0. The number of hydrogen-bond donors (Lipinski definition) is 0. The van der Waals surface area contributed by atoms with Crippen LogP contribution in [0.5, 0.6) is 0 Å². The van der Waals surface area contributed by atoms with Crippen molar-refractivity contribution in [1.82, 2.24) is 0 Å². The normalized spacial score (nSPS) is 34.2. The lowest BCUT2D eigenvalue weighted by atomic mass is 9.99. The van der Waals surface area contributed by atoms with Gasteiger partial charge < -0.3 is 0 Å². The highest BCUT2D eigenvalue weighted by Crippen LogP contribution is 2.56. The van der Waals surface area contributed by atoms with Gasteiger partial charge >= 0.3 is 0 Å². The molecule has 0 spiro atoms. The van der Waals surface area contributed by atoms with Crippen LogP contribution < -0.4 is 0 Å². The van der Waals surface area contributed by atoms with Crippen LogP contribution in [-0.4, -0.2) is 11.8 Å². The summed E-state index contributed by atoms with van der Waals surface area (Å²) in [5.41, 5.74) is 0.370. The maximum atomic E-state index is 11.8. The van der Waals surface area contributed by atoms with Crippen molar-refractivity contribution in [1.29, 1.82) is 0 Å². The average Bonchev–Trinajstić information content (AvgIpc) is 2.62. The summed E-state index contributed by atoms with van der Waals surface area (Å²) >= 11 is 3.45. The SMILES string of the molecule is CC1CC1(CBr)CCCC(F)F. The highest BCUT2D eigenvalue weighted by Gasteiger charge is 2.48. The Labute approximate surface area is 80.9 Å². The summed E-state index contributed by atoms with van der Waals surface area (Å²) in [5.74, 6) is 0.731. The summed E-state index contributed by atoms with van der Waals surface area (Å²) in [6.45, 7) is 2.20. The van der Waals surface area contributed by atoms with Crippen LogP contribution >= 0.6 is 15.9 Å². The van der Waals surface area contributed by atoms with Gasteiger partial charge in [0.15, 0.2) is 0 Å². The molecule has 0 heterocycles. The maximum absolute atomic E-state index is 11.8. The lowest BCUT2D eigenvalue weighted by Gasteiger charge is -2.11. The first-order chi connectivity index (χ1) is 5.60. The van der Waals surface area contributed by atoms with E-state index in [4.69, 9.17) is 0 Å². The van der Waals surface area contributed by atoms with Gasteiger partial charge in [-0.25, -0.2) is 8.78 Å². The Bertz CT molecular complexity index is 145. The van der Waals surface area contributed by atoms with Crippen molar-refractivity contribution in [2.75, 3.05) is 5.33 Å². The third kappa shape index (κ3) is 2.41. The first-order valence-corrected chi connectivity index (χ1v) is 5.57. The molecule has 2 unspecified atom stereocenters. The van der Waals surface area contributed by atoms with Crippen LogP contribution in [0.3, 0.4) is 0 Å². The van der Waals surface area contributed by atoms with Crippen LogP contribution in [0.1, 0.15) is 32.6 Å².